The van der Waals surface area contributed by atoms with Crippen molar-refractivity contribution < 1.29 is 14.2 Å². The summed E-state index contributed by atoms with van der Waals surface area (Å²) >= 11 is 0. The summed E-state index contributed by atoms with van der Waals surface area (Å²) in [5.41, 5.74) is 0.472. The third-order valence-corrected chi connectivity index (χ3v) is 1.66. The van der Waals surface area contributed by atoms with E-state index in [2.05, 4.69) is 0 Å². The lowest BCUT2D eigenvalue weighted by molar-refractivity contribution is 0.260. The van der Waals surface area contributed by atoms with Crippen LogP contribution in [0.4, 0.5) is 4.39 Å². The summed E-state index contributed by atoms with van der Waals surface area (Å²) in [6, 6.07) is 5.95. The zero-order valence-electron chi connectivity index (χ0n) is 7.70. The molecule has 0 fully saturated rings. The van der Waals surface area contributed by atoms with Gasteiger partial charge in [-0.3, -0.25) is 0 Å². The Morgan fingerprint density at radius 3 is 2.86 bits per heavy atom. The molecule has 0 aromatic heterocycles. The third kappa shape index (κ3) is 2.44. The van der Waals surface area contributed by atoms with Gasteiger partial charge in [0.25, 0.3) is 0 Å². The van der Waals surface area contributed by atoms with Crippen LogP contribution >= 0.6 is 0 Å². The Bertz CT molecular complexity index is 360. The molecule has 0 aliphatic rings. The number of rotatable bonds is 3. The van der Waals surface area contributed by atoms with Crippen molar-refractivity contribution in [3.05, 3.63) is 29.6 Å². The fourth-order valence-electron chi connectivity index (χ4n) is 0.955. The number of halogens is 1. The van der Waals surface area contributed by atoms with E-state index in [0.717, 1.165) is 0 Å². The van der Waals surface area contributed by atoms with Crippen LogP contribution in [0.1, 0.15) is 12.5 Å². The van der Waals surface area contributed by atoms with E-state index < -0.39 is 11.9 Å². The molecule has 1 N–H and O–H groups in total. The molecule has 0 aliphatic carbocycles. The molecule has 4 heteroatoms. The maximum Gasteiger partial charge on any atom is 0.181 e. The number of aliphatic hydroxyl groups excluding tert-OH is 1. The summed E-state index contributed by atoms with van der Waals surface area (Å²) in [7, 11) is 0. The van der Waals surface area contributed by atoms with Gasteiger partial charge in [-0.15, -0.1) is 0 Å². The molecule has 0 spiro atoms. The van der Waals surface area contributed by atoms with Gasteiger partial charge < -0.3 is 9.84 Å². The molecule has 0 bridgehead atoms. The van der Waals surface area contributed by atoms with Gasteiger partial charge in [-0.05, 0) is 24.6 Å². The Balaban J connectivity index is 2.85. The molecule has 0 saturated carbocycles. The lowest BCUT2D eigenvalue weighted by Crippen LogP contribution is -2.09. The number of ether oxygens (including phenoxy) is 1. The van der Waals surface area contributed by atoms with E-state index in [1.165, 1.54) is 19.1 Å². The van der Waals surface area contributed by atoms with Gasteiger partial charge >= 0.3 is 0 Å². The smallest absolute Gasteiger partial charge is 0.181 e. The Labute approximate surface area is 81.4 Å². The number of nitriles is 1. The quantitative estimate of drug-likeness (QED) is 0.797. The molecule has 1 aromatic carbocycles. The highest BCUT2D eigenvalue weighted by atomic mass is 19.1. The normalized spacial score (nSPS) is 11.9. The molecule has 1 rings (SSSR count). The predicted molar refractivity (Wildman–Crippen MR) is 48.0 cm³/mol. The zero-order chi connectivity index (χ0) is 10.6. The van der Waals surface area contributed by atoms with Gasteiger partial charge in [-0.25, -0.2) is 4.39 Å². The Hall–Kier alpha value is -1.60. The van der Waals surface area contributed by atoms with Gasteiger partial charge in [-0.1, -0.05) is 6.07 Å². The summed E-state index contributed by atoms with van der Waals surface area (Å²) in [4.78, 5) is 0. The minimum Gasteiger partial charge on any atom is -0.473 e. The van der Waals surface area contributed by atoms with Crippen molar-refractivity contribution in [2.24, 2.45) is 0 Å². The van der Waals surface area contributed by atoms with E-state index in [4.69, 9.17) is 15.1 Å². The Morgan fingerprint density at radius 1 is 1.64 bits per heavy atom. The molecule has 74 valence electrons. The second kappa shape index (κ2) is 4.58. The Morgan fingerprint density at radius 2 is 2.36 bits per heavy atom. The first-order valence-electron chi connectivity index (χ1n) is 4.13. The van der Waals surface area contributed by atoms with Crippen LogP contribution in [0.25, 0.3) is 0 Å². The Kier molecular flexibility index (Phi) is 3.43. The maximum absolute atomic E-state index is 13.2. The summed E-state index contributed by atoms with van der Waals surface area (Å²) < 4.78 is 18.2. The molecule has 3 nitrogen and oxygen atoms in total. The fraction of sp³-hybridized carbons (Fsp3) is 0.300. The molecule has 0 radical (unpaired) electrons. The van der Waals surface area contributed by atoms with Gasteiger partial charge in [0.2, 0.25) is 0 Å². The highest BCUT2D eigenvalue weighted by Gasteiger charge is 2.07. The first-order valence-corrected chi connectivity index (χ1v) is 4.13. The van der Waals surface area contributed by atoms with Crippen LogP contribution in [-0.2, 0) is 6.61 Å². The lowest BCUT2D eigenvalue weighted by atomic mass is 10.2. The molecule has 1 unspecified atom stereocenters. The zero-order valence-corrected chi connectivity index (χ0v) is 7.70. The molecule has 0 saturated heterocycles. The summed E-state index contributed by atoms with van der Waals surface area (Å²) in [6.07, 6.45) is -0.690. The van der Waals surface area contributed by atoms with Crippen molar-refractivity contribution in [3.8, 4) is 11.8 Å². The predicted octanol–water partition coefficient (Wildman–Crippen LogP) is 1.61. The molecule has 14 heavy (non-hydrogen) atoms. The minimum absolute atomic E-state index is 0.0243. The standard InChI is InChI=1S/C10H10FNO2/c1-7(5-12)14-10-3-2-8(6-13)4-9(10)11/h2-4,7,13H,6H2,1H3. The monoisotopic (exact) mass is 195 g/mol. The topological polar surface area (TPSA) is 53.2 Å². The second-order valence-corrected chi connectivity index (χ2v) is 2.81. The molecular weight excluding hydrogens is 185 g/mol. The number of nitrogens with zero attached hydrogens (tertiary/aromatic N) is 1. The average Bonchev–Trinajstić information content (AvgIpc) is 2.20. The van der Waals surface area contributed by atoms with Gasteiger partial charge in [-0.2, -0.15) is 5.26 Å². The van der Waals surface area contributed by atoms with Crippen LogP contribution in [0.5, 0.6) is 5.75 Å². The fourth-order valence-corrected chi connectivity index (χ4v) is 0.955. The summed E-state index contributed by atoms with van der Waals surface area (Å²) in [5.74, 6) is -0.546. The SMILES string of the molecule is CC(C#N)Oc1ccc(CO)cc1F. The van der Waals surface area contributed by atoms with E-state index >= 15 is 0 Å². The van der Waals surface area contributed by atoms with Crippen molar-refractivity contribution in [2.75, 3.05) is 0 Å². The highest BCUT2D eigenvalue weighted by molar-refractivity contribution is 5.29. The van der Waals surface area contributed by atoms with Crippen molar-refractivity contribution in [2.45, 2.75) is 19.6 Å². The second-order valence-electron chi connectivity index (χ2n) is 2.81. The van der Waals surface area contributed by atoms with Crippen LogP contribution in [0.3, 0.4) is 0 Å². The molecule has 0 amide bonds. The molecular formula is C10H10FNO2. The van der Waals surface area contributed by atoms with Crippen LogP contribution in [0.15, 0.2) is 18.2 Å². The van der Waals surface area contributed by atoms with Gasteiger partial charge in [0.05, 0.1) is 6.61 Å². The summed E-state index contributed by atoms with van der Waals surface area (Å²) in [6.45, 7) is 1.31. The van der Waals surface area contributed by atoms with Gasteiger partial charge in [0, 0.05) is 0 Å². The minimum atomic E-state index is -0.690. The van der Waals surface area contributed by atoms with E-state index in [-0.39, 0.29) is 12.4 Å². The van der Waals surface area contributed by atoms with E-state index in [1.807, 2.05) is 6.07 Å². The highest BCUT2D eigenvalue weighted by Crippen LogP contribution is 2.19. The third-order valence-electron chi connectivity index (χ3n) is 1.66. The van der Waals surface area contributed by atoms with Crippen molar-refractivity contribution in [3.63, 3.8) is 0 Å². The largest absolute Gasteiger partial charge is 0.473 e. The first-order chi connectivity index (χ1) is 6.67. The van der Waals surface area contributed by atoms with E-state index in [9.17, 15) is 4.39 Å². The molecule has 1 aromatic rings. The first kappa shape index (κ1) is 10.5. The van der Waals surface area contributed by atoms with Crippen LogP contribution in [0, 0.1) is 17.1 Å². The number of aliphatic hydroxyl groups is 1. The van der Waals surface area contributed by atoms with Crippen LogP contribution in [-0.4, -0.2) is 11.2 Å². The molecule has 0 aliphatic heterocycles. The van der Waals surface area contributed by atoms with Crippen LogP contribution < -0.4 is 4.74 Å². The average molecular weight is 195 g/mol. The van der Waals surface area contributed by atoms with E-state index in [0.29, 0.717) is 5.56 Å². The lowest BCUT2D eigenvalue weighted by Gasteiger charge is -2.08. The van der Waals surface area contributed by atoms with E-state index in [1.54, 1.807) is 6.07 Å². The number of hydrogen-bond acceptors (Lipinski definition) is 3. The van der Waals surface area contributed by atoms with Crippen molar-refractivity contribution in [1.82, 2.24) is 0 Å². The summed E-state index contributed by atoms with van der Waals surface area (Å²) in [5, 5.41) is 17.2. The number of benzene rings is 1. The number of hydrogen-bond donors (Lipinski definition) is 1. The molecule has 1 atom stereocenters. The van der Waals surface area contributed by atoms with Crippen molar-refractivity contribution >= 4 is 0 Å². The van der Waals surface area contributed by atoms with Crippen LogP contribution in [0.2, 0.25) is 0 Å². The van der Waals surface area contributed by atoms with Gasteiger partial charge in [0.15, 0.2) is 17.7 Å². The molecule has 0 heterocycles. The maximum atomic E-state index is 13.2. The van der Waals surface area contributed by atoms with Crippen molar-refractivity contribution in [1.29, 1.82) is 5.26 Å². The van der Waals surface area contributed by atoms with Gasteiger partial charge in [0.1, 0.15) is 6.07 Å².